The maximum absolute atomic E-state index is 6.24. The molecule has 1 unspecified atom stereocenters. The highest BCUT2D eigenvalue weighted by atomic mass is 35.5. The quantitative estimate of drug-likeness (QED) is 0.668. The normalized spacial score (nSPS) is 12.4. The molecule has 0 aliphatic carbocycles. The molecule has 114 valence electrons. The summed E-state index contributed by atoms with van der Waals surface area (Å²) in [5.41, 5.74) is 7.01. The molecule has 3 nitrogen and oxygen atoms in total. The van der Waals surface area contributed by atoms with Crippen molar-refractivity contribution >= 4 is 11.6 Å². The van der Waals surface area contributed by atoms with E-state index in [4.69, 9.17) is 26.8 Å². The molecule has 1 aromatic carbocycles. The predicted molar refractivity (Wildman–Crippen MR) is 84.6 cm³/mol. The van der Waals surface area contributed by atoms with Gasteiger partial charge in [0.15, 0.2) is 0 Å². The van der Waals surface area contributed by atoms with E-state index < -0.39 is 0 Å². The van der Waals surface area contributed by atoms with Crippen LogP contribution in [0.5, 0.6) is 5.75 Å². The number of hydrogen-bond donors (Lipinski definition) is 1. The lowest BCUT2D eigenvalue weighted by Gasteiger charge is -2.16. The number of rotatable bonds is 10. The molecule has 0 spiro atoms. The minimum atomic E-state index is 0.109. The van der Waals surface area contributed by atoms with Gasteiger partial charge in [-0.15, -0.1) is 0 Å². The molecular weight excluding hydrogens is 274 g/mol. The number of unbranched alkanes of at least 4 members (excludes halogenated alkanes) is 1. The van der Waals surface area contributed by atoms with Crippen molar-refractivity contribution in [3.05, 3.63) is 28.8 Å². The Morgan fingerprint density at radius 1 is 1.20 bits per heavy atom. The average molecular weight is 300 g/mol. The third kappa shape index (κ3) is 6.12. The second-order valence-corrected chi connectivity index (χ2v) is 5.31. The fourth-order valence-corrected chi connectivity index (χ4v) is 2.08. The van der Waals surface area contributed by atoms with Gasteiger partial charge in [0.2, 0.25) is 0 Å². The number of hydrogen-bond acceptors (Lipinski definition) is 3. The lowest BCUT2D eigenvalue weighted by Crippen LogP contribution is -2.22. The third-order valence-electron chi connectivity index (χ3n) is 3.19. The average Bonchev–Trinajstić information content (AvgIpc) is 2.45. The minimum absolute atomic E-state index is 0.109. The Morgan fingerprint density at radius 3 is 2.70 bits per heavy atom. The Morgan fingerprint density at radius 2 is 2.00 bits per heavy atom. The van der Waals surface area contributed by atoms with Gasteiger partial charge in [0.05, 0.1) is 6.61 Å². The van der Waals surface area contributed by atoms with Crippen LogP contribution in [0.4, 0.5) is 0 Å². The maximum Gasteiger partial charge on any atom is 0.124 e. The van der Waals surface area contributed by atoms with Crippen LogP contribution in [0, 0.1) is 0 Å². The summed E-state index contributed by atoms with van der Waals surface area (Å²) >= 11 is 6.24. The molecule has 1 aromatic rings. The summed E-state index contributed by atoms with van der Waals surface area (Å²) < 4.78 is 11.3. The van der Waals surface area contributed by atoms with Gasteiger partial charge in [0.25, 0.3) is 0 Å². The third-order valence-corrected chi connectivity index (χ3v) is 3.55. The van der Waals surface area contributed by atoms with Gasteiger partial charge in [-0.05, 0) is 31.4 Å². The van der Waals surface area contributed by atoms with Gasteiger partial charge in [-0.3, -0.25) is 0 Å². The zero-order valence-electron chi connectivity index (χ0n) is 12.5. The van der Waals surface area contributed by atoms with Crippen molar-refractivity contribution in [1.29, 1.82) is 0 Å². The van der Waals surface area contributed by atoms with Crippen LogP contribution in [0.3, 0.4) is 0 Å². The molecule has 0 aliphatic heterocycles. The van der Waals surface area contributed by atoms with Crippen molar-refractivity contribution in [2.75, 3.05) is 19.8 Å². The summed E-state index contributed by atoms with van der Waals surface area (Å²) in [6.07, 6.45) is 3.90. The van der Waals surface area contributed by atoms with E-state index in [0.29, 0.717) is 13.2 Å². The van der Waals surface area contributed by atoms with Gasteiger partial charge in [-0.25, -0.2) is 0 Å². The first-order valence-electron chi connectivity index (χ1n) is 7.42. The Labute approximate surface area is 127 Å². The van der Waals surface area contributed by atoms with E-state index in [1.54, 1.807) is 0 Å². The molecule has 4 heteroatoms. The van der Waals surface area contributed by atoms with E-state index >= 15 is 0 Å². The highest BCUT2D eigenvalue weighted by Crippen LogP contribution is 2.27. The zero-order valence-corrected chi connectivity index (χ0v) is 13.3. The van der Waals surface area contributed by atoms with Gasteiger partial charge < -0.3 is 15.2 Å². The Hall–Kier alpha value is -0.770. The minimum Gasteiger partial charge on any atom is -0.491 e. The van der Waals surface area contributed by atoms with Crippen LogP contribution in [0.1, 0.15) is 38.7 Å². The topological polar surface area (TPSA) is 44.5 Å². The van der Waals surface area contributed by atoms with Crippen LogP contribution >= 0.6 is 11.6 Å². The Bertz CT molecular complexity index is 385. The molecule has 0 saturated heterocycles. The first-order valence-corrected chi connectivity index (χ1v) is 7.80. The van der Waals surface area contributed by atoms with E-state index in [1.807, 2.05) is 18.2 Å². The largest absolute Gasteiger partial charge is 0.491 e. The summed E-state index contributed by atoms with van der Waals surface area (Å²) in [5.74, 6) is 0.820. The van der Waals surface area contributed by atoms with Crippen molar-refractivity contribution < 1.29 is 9.47 Å². The molecule has 0 saturated carbocycles. The van der Waals surface area contributed by atoms with E-state index in [-0.39, 0.29) is 6.04 Å². The summed E-state index contributed by atoms with van der Waals surface area (Å²) in [4.78, 5) is 0. The van der Waals surface area contributed by atoms with Gasteiger partial charge in [0.1, 0.15) is 12.4 Å². The number of halogens is 1. The standard InChI is InChI=1S/C16H26ClNO2/c1-3-5-9-19-10-11-20-16-8-6-7-15(17)14(16)12-13(18)4-2/h6-8,13H,3-5,9-12,18H2,1-2H3. The Balaban J connectivity index is 2.49. The second kappa shape index (κ2) is 10.0. The van der Waals surface area contributed by atoms with Crippen molar-refractivity contribution in [2.24, 2.45) is 5.73 Å². The van der Waals surface area contributed by atoms with Crippen molar-refractivity contribution in [2.45, 2.75) is 45.6 Å². The molecule has 0 fully saturated rings. The fraction of sp³-hybridized carbons (Fsp3) is 0.625. The van der Waals surface area contributed by atoms with E-state index in [2.05, 4.69) is 13.8 Å². The SMILES string of the molecule is CCCCOCCOc1cccc(Cl)c1CC(N)CC. The Kier molecular flexibility index (Phi) is 8.67. The van der Waals surface area contributed by atoms with Crippen LogP contribution in [-0.2, 0) is 11.2 Å². The number of ether oxygens (including phenoxy) is 2. The van der Waals surface area contributed by atoms with Crippen molar-refractivity contribution in [3.63, 3.8) is 0 Å². The molecule has 0 heterocycles. The van der Waals surface area contributed by atoms with Crippen LogP contribution in [-0.4, -0.2) is 25.9 Å². The molecule has 1 atom stereocenters. The number of nitrogens with two attached hydrogens (primary N) is 1. The smallest absolute Gasteiger partial charge is 0.124 e. The summed E-state index contributed by atoms with van der Waals surface area (Å²) in [7, 11) is 0. The highest BCUT2D eigenvalue weighted by Gasteiger charge is 2.11. The number of benzene rings is 1. The van der Waals surface area contributed by atoms with Crippen molar-refractivity contribution in [3.8, 4) is 5.75 Å². The summed E-state index contributed by atoms with van der Waals surface area (Å²) in [6.45, 7) is 6.16. The molecule has 0 aromatic heterocycles. The predicted octanol–water partition coefficient (Wildman–Crippen LogP) is 3.82. The van der Waals surface area contributed by atoms with Gasteiger partial charge >= 0.3 is 0 Å². The van der Waals surface area contributed by atoms with Crippen LogP contribution in [0.15, 0.2) is 18.2 Å². The first-order chi connectivity index (χ1) is 9.69. The highest BCUT2D eigenvalue weighted by molar-refractivity contribution is 6.31. The van der Waals surface area contributed by atoms with Crippen LogP contribution in [0.2, 0.25) is 5.02 Å². The molecule has 0 bridgehead atoms. The lowest BCUT2D eigenvalue weighted by molar-refractivity contribution is 0.0977. The molecular formula is C16H26ClNO2. The van der Waals surface area contributed by atoms with Crippen LogP contribution < -0.4 is 10.5 Å². The summed E-state index contributed by atoms with van der Waals surface area (Å²) in [6, 6.07) is 5.83. The van der Waals surface area contributed by atoms with Crippen molar-refractivity contribution in [1.82, 2.24) is 0 Å². The van der Waals surface area contributed by atoms with Gasteiger partial charge in [-0.1, -0.05) is 37.9 Å². The maximum atomic E-state index is 6.24. The second-order valence-electron chi connectivity index (χ2n) is 4.90. The first kappa shape index (κ1) is 17.3. The molecule has 2 N–H and O–H groups in total. The monoisotopic (exact) mass is 299 g/mol. The van der Waals surface area contributed by atoms with E-state index in [1.165, 1.54) is 0 Å². The van der Waals surface area contributed by atoms with Crippen LogP contribution in [0.25, 0.3) is 0 Å². The van der Waals surface area contributed by atoms with Gasteiger partial charge in [0, 0.05) is 23.2 Å². The molecule has 0 amide bonds. The molecule has 20 heavy (non-hydrogen) atoms. The fourth-order valence-electron chi connectivity index (χ4n) is 1.84. The summed E-state index contributed by atoms with van der Waals surface area (Å²) in [5, 5.41) is 0.721. The van der Waals surface area contributed by atoms with E-state index in [9.17, 15) is 0 Å². The molecule has 1 rings (SSSR count). The van der Waals surface area contributed by atoms with Gasteiger partial charge in [-0.2, -0.15) is 0 Å². The molecule has 0 radical (unpaired) electrons. The zero-order chi connectivity index (χ0) is 14.8. The lowest BCUT2D eigenvalue weighted by atomic mass is 10.0. The van der Waals surface area contributed by atoms with E-state index in [0.717, 1.165) is 48.6 Å². The molecule has 0 aliphatic rings.